The van der Waals surface area contributed by atoms with Crippen molar-refractivity contribution in [2.24, 2.45) is 0 Å². The molecule has 0 unspecified atom stereocenters. The van der Waals surface area contributed by atoms with Gasteiger partial charge in [-0.1, -0.05) is 12.1 Å². The summed E-state index contributed by atoms with van der Waals surface area (Å²) in [6.07, 6.45) is 9.84. The summed E-state index contributed by atoms with van der Waals surface area (Å²) in [5, 5.41) is 3.07. The molecule has 154 valence electrons. The molecule has 0 spiro atoms. The molecule has 0 radical (unpaired) electrons. The number of hydrogen-bond acceptors (Lipinski definition) is 7. The van der Waals surface area contributed by atoms with Gasteiger partial charge in [0.05, 0.1) is 31.5 Å². The molecule has 0 aliphatic carbocycles. The van der Waals surface area contributed by atoms with E-state index < -0.39 is 0 Å². The summed E-state index contributed by atoms with van der Waals surface area (Å²) >= 11 is 0. The Bertz CT molecular complexity index is 980. The molecule has 1 aliphatic heterocycles. The highest BCUT2D eigenvalue weighted by atomic mass is 16.5. The van der Waals surface area contributed by atoms with Gasteiger partial charge in [-0.05, 0) is 43.0 Å². The lowest BCUT2D eigenvalue weighted by Gasteiger charge is -2.35. The van der Waals surface area contributed by atoms with Gasteiger partial charge in [-0.2, -0.15) is 0 Å². The molecule has 30 heavy (non-hydrogen) atoms. The number of benzene rings is 1. The first-order valence-electron chi connectivity index (χ1n) is 10.0. The average molecular weight is 404 g/mol. The van der Waals surface area contributed by atoms with E-state index in [9.17, 15) is 4.79 Å². The molecule has 1 N–H and O–H groups in total. The van der Waals surface area contributed by atoms with E-state index in [1.54, 1.807) is 31.9 Å². The van der Waals surface area contributed by atoms with E-state index >= 15 is 0 Å². The summed E-state index contributed by atoms with van der Waals surface area (Å²) in [4.78, 5) is 32.2. The number of methoxy groups -OCH3 is 1. The highest BCUT2D eigenvalue weighted by Gasteiger charge is 2.29. The van der Waals surface area contributed by atoms with Gasteiger partial charge >= 0.3 is 0 Å². The Morgan fingerprint density at radius 2 is 2.00 bits per heavy atom. The van der Waals surface area contributed by atoms with Gasteiger partial charge in [0.15, 0.2) is 5.82 Å². The zero-order valence-electron chi connectivity index (χ0n) is 16.9. The van der Waals surface area contributed by atoms with Crippen LogP contribution in [0.2, 0.25) is 0 Å². The molecule has 1 amide bonds. The molecule has 3 aromatic rings. The fourth-order valence-corrected chi connectivity index (χ4v) is 3.65. The van der Waals surface area contributed by atoms with Crippen LogP contribution in [0.15, 0.2) is 55.1 Å². The van der Waals surface area contributed by atoms with E-state index in [0.717, 1.165) is 42.8 Å². The van der Waals surface area contributed by atoms with E-state index in [2.05, 4.69) is 25.3 Å². The number of piperidine rings is 1. The van der Waals surface area contributed by atoms with E-state index in [4.69, 9.17) is 4.74 Å². The lowest BCUT2D eigenvalue weighted by Crippen LogP contribution is -2.39. The van der Waals surface area contributed by atoms with Crippen LogP contribution in [0.5, 0.6) is 5.75 Å². The molecule has 1 fully saturated rings. The van der Waals surface area contributed by atoms with Crippen molar-refractivity contribution in [3.8, 4) is 5.75 Å². The van der Waals surface area contributed by atoms with Crippen LogP contribution in [-0.4, -0.2) is 44.4 Å². The predicted molar refractivity (Wildman–Crippen MR) is 112 cm³/mol. The van der Waals surface area contributed by atoms with Crippen molar-refractivity contribution >= 4 is 17.7 Å². The number of hydrogen-bond donors (Lipinski definition) is 1. The van der Waals surface area contributed by atoms with Crippen LogP contribution in [0.25, 0.3) is 0 Å². The van der Waals surface area contributed by atoms with Crippen molar-refractivity contribution in [2.45, 2.75) is 31.7 Å². The summed E-state index contributed by atoms with van der Waals surface area (Å²) in [5.74, 6) is 1.91. The van der Waals surface area contributed by atoms with Gasteiger partial charge in [0.2, 0.25) is 11.9 Å². The average Bonchev–Trinajstić information content (AvgIpc) is 2.80. The summed E-state index contributed by atoms with van der Waals surface area (Å²) in [7, 11) is 1.63. The molecule has 1 aliphatic rings. The number of rotatable bonds is 6. The molecule has 8 heteroatoms. The van der Waals surface area contributed by atoms with Crippen LogP contribution in [0.1, 0.15) is 36.6 Å². The number of amides is 1. The lowest BCUT2D eigenvalue weighted by atomic mass is 9.98. The Labute approximate surface area is 175 Å². The fourth-order valence-electron chi connectivity index (χ4n) is 3.65. The molecule has 3 heterocycles. The topological polar surface area (TPSA) is 93.1 Å². The minimum absolute atomic E-state index is 0.0603. The highest BCUT2D eigenvalue weighted by molar-refractivity contribution is 5.79. The standard InChI is InChI=1S/C22H24N6O2/c1-30-17-7-5-16(6-8-17)14-21(29)28-13-3-2-4-19(28)18-9-10-25-22(26-18)27-20-15-23-11-12-24-20/h5-12,15,19H,2-4,13-14H2,1H3,(H,24,25,26,27)/t19-/m1/s1. The van der Waals surface area contributed by atoms with E-state index in [1.165, 1.54) is 0 Å². The van der Waals surface area contributed by atoms with Gasteiger partial charge in [0, 0.05) is 25.1 Å². The van der Waals surface area contributed by atoms with Crippen molar-refractivity contribution in [3.05, 3.63) is 66.4 Å². The second kappa shape index (κ2) is 9.30. The van der Waals surface area contributed by atoms with Gasteiger partial charge in [-0.15, -0.1) is 0 Å². The lowest BCUT2D eigenvalue weighted by molar-refractivity contribution is -0.134. The third-order valence-corrected chi connectivity index (χ3v) is 5.16. The predicted octanol–water partition coefficient (Wildman–Crippen LogP) is 3.32. The van der Waals surface area contributed by atoms with Gasteiger partial charge < -0.3 is 15.0 Å². The summed E-state index contributed by atoms with van der Waals surface area (Å²) < 4.78 is 5.20. The molecule has 1 atom stereocenters. The monoisotopic (exact) mass is 404 g/mol. The third kappa shape index (κ3) is 4.71. The van der Waals surface area contributed by atoms with E-state index in [0.29, 0.717) is 18.2 Å². The second-order valence-electron chi connectivity index (χ2n) is 7.14. The van der Waals surface area contributed by atoms with Gasteiger partial charge in [0.1, 0.15) is 5.75 Å². The first-order chi connectivity index (χ1) is 14.7. The molecule has 4 rings (SSSR count). The van der Waals surface area contributed by atoms with Crippen LogP contribution in [0.3, 0.4) is 0 Å². The number of nitrogens with one attached hydrogen (secondary N) is 1. The molecule has 0 saturated carbocycles. The maximum Gasteiger partial charge on any atom is 0.228 e. The number of anilines is 2. The molecule has 2 aromatic heterocycles. The quantitative estimate of drug-likeness (QED) is 0.674. The third-order valence-electron chi connectivity index (χ3n) is 5.16. The number of nitrogens with zero attached hydrogens (tertiary/aromatic N) is 5. The number of carbonyl (C=O) groups is 1. The Balaban J connectivity index is 1.50. The Hall–Kier alpha value is -3.55. The number of carbonyl (C=O) groups excluding carboxylic acids is 1. The number of aromatic nitrogens is 4. The first-order valence-corrected chi connectivity index (χ1v) is 10.0. The van der Waals surface area contributed by atoms with E-state index in [1.807, 2.05) is 35.2 Å². The fraction of sp³-hybridized carbons (Fsp3) is 0.318. The number of likely N-dealkylation sites (tertiary alicyclic amines) is 1. The molecule has 0 bridgehead atoms. The number of ether oxygens (including phenoxy) is 1. The summed E-state index contributed by atoms with van der Waals surface area (Å²) in [6.45, 7) is 0.733. The molecular formula is C22H24N6O2. The molecule has 1 saturated heterocycles. The van der Waals surface area contributed by atoms with Gasteiger partial charge in [0.25, 0.3) is 0 Å². The van der Waals surface area contributed by atoms with E-state index in [-0.39, 0.29) is 11.9 Å². The molecule has 1 aromatic carbocycles. The van der Waals surface area contributed by atoms with Crippen molar-refractivity contribution in [1.82, 2.24) is 24.8 Å². The van der Waals surface area contributed by atoms with Crippen molar-refractivity contribution in [3.63, 3.8) is 0 Å². The van der Waals surface area contributed by atoms with Crippen LogP contribution < -0.4 is 10.1 Å². The Kier molecular flexibility index (Phi) is 6.12. The van der Waals surface area contributed by atoms with Crippen molar-refractivity contribution in [1.29, 1.82) is 0 Å². The summed E-state index contributed by atoms with van der Waals surface area (Å²) in [6, 6.07) is 9.45. The molecule has 8 nitrogen and oxygen atoms in total. The maximum atomic E-state index is 13.1. The minimum atomic E-state index is -0.0603. The normalized spacial score (nSPS) is 16.2. The second-order valence-corrected chi connectivity index (χ2v) is 7.14. The zero-order valence-corrected chi connectivity index (χ0v) is 16.9. The van der Waals surface area contributed by atoms with Crippen molar-refractivity contribution in [2.75, 3.05) is 19.0 Å². The highest BCUT2D eigenvalue weighted by Crippen LogP contribution is 2.31. The Morgan fingerprint density at radius 3 is 2.77 bits per heavy atom. The van der Waals surface area contributed by atoms with Crippen LogP contribution in [0, 0.1) is 0 Å². The SMILES string of the molecule is COc1ccc(CC(=O)N2CCCC[C@@H]2c2ccnc(Nc3cnccn3)n2)cc1. The smallest absolute Gasteiger partial charge is 0.228 e. The van der Waals surface area contributed by atoms with Crippen LogP contribution >= 0.6 is 0 Å². The Morgan fingerprint density at radius 1 is 1.13 bits per heavy atom. The zero-order chi connectivity index (χ0) is 20.8. The van der Waals surface area contributed by atoms with Crippen LogP contribution in [0.4, 0.5) is 11.8 Å². The largest absolute Gasteiger partial charge is 0.497 e. The molecular weight excluding hydrogens is 380 g/mol. The van der Waals surface area contributed by atoms with Crippen LogP contribution in [-0.2, 0) is 11.2 Å². The van der Waals surface area contributed by atoms with Gasteiger partial charge in [-0.25, -0.2) is 15.0 Å². The summed E-state index contributed by atoms with van der Waals surface area (Å²) in [5.41, 5.74) is 1.80. The van der Waals surface area contributed by atoms with Gasteiger partial charge in [-0.3, -0.25) is 9.78 Å². The minimum Gasteiger partial charge on any atom is -0.497 e. The maximum absolute atomic E-state index is 13.1. The first kappa shape index (κ1) is 19.8. The van der Waals surface area contributed by atoms with Crippen molar-refractivity contribution < 1.29 is 9.53 Å².